The third-order valence-corrected chi connectivity index (χ3v) is 4.04. The molecule has 22 heavy (non-hydrogen) atoms. The SMILES string of the molecule is Cl.NCCC1CCCN(CC(=O)Nc2ccc(F)c(Cl)c2)C1. The molecule has 1 aromatic rings. The normalized spacial score (nSPS) is 18.6. The van der Waals surface area contributed by atoms with Gasteiger partial charge in [-0.1, -0.05) is 11.6 Å². The number of nitrogens with zero attached hydrogens (tertiary/aromatic N) is 1. The van der Waals surface area contributed by atoms with Crippen LogP contribution in [0.15, 0.2) is 18.2 Å². The average molecular weight is 350 g/mol. The number of halogens is 3. The van der Waals surface area contributed by atoms with Crippen molar-refractivity contribution in [2.45, 2.75) is 19.3 Å². The van der Waals surface area contributed by atoms with Crippen molar-refractivity contribution in [3.8, 4) is 0 Å². The number of benzene rings is 1. The van der Waals surface area contributed by atoms with Gasteiger partial charge in [0.1, 0.15) is 5.82 Å². The molecule has 2 rings (SSSR count). The van der Waals surface area contributed by atoms with Gasteiger partial charge >= 0.3 is 0 Å². The van der Waals surface area contributed by atoms with Crippen molar-refractivity contribution in [3.63, 3.8) is 0 Å². The van der Waals surface area contributed by atoms with Crippen LogP contribution < -0.4 is 11.1 Å². The zero-order valence-corrected chi connectivity index (χ0v) is 13.9. The summed E-state index contributed by atoms with van der Waals surface area (Å²) < 4.78 is 13.1. The summed E-state index contributed by atoms with van der Waals surface area (Å²) in [6.07, 6.45) is 3.29. The quantitative estimate of drug-likeness (QED) is 0.859. The van der Waals surface area contributed by atoms with Crippen LogP contribution in [0.1, 0.15) is 19.3 Å². The van der Waals surface area contributed by atoms with Crippen LogP contribution in [-0.2, 0) is 4.79 Å². The summed E-state index contributed by atoms with van der Waals surface area (Å²) in [6, 6.07) is 4.17. The predicted octanol–water partition coefficient (Wildman–Crippen LogP) is 2.90. The molecular formula is C15H22Cl2FN3O. The second-order valence-corrected chi connectivity index (χ2v) is 5.90. The molecule has 0 bridgehead atoms. The molecule has 1 heterocycles. The Morgan fingerprint density at radius 3 is 2.95 bits per heavy atom. The Labute approximate surface area is 141 Å². The van der Waals surface area contributed by atoms with E-state index in [1.807, 2.05) is 0 Å². The molecular weight excluding hydrogens is 328 g/mol. The Hall–Kier alpha value is -0.880. The third kappa shape index (κ3) is 5.72. The smallest absolute Gasteiger partial charge is 0.238 e. The van der Waals surface area contributed by atoms with Crippen molar-refractivity contribution < 1.29 is 9.18 Å². The molecule has 1 aromatic carbocycles. The Morgan fingerprint density at radius 2 is 2.27 bits per heavy atom. The number of amides is 1. The number of anilines is 1. The summed E-state index contributed by atoms with van der Waals surface area (Å²) in [5, 5.41) is 2.76. The van der Waals surface area contributed by atoms with Gasteiger partial charge in [0.2, 0.25) is 5.91 Å². The average Bonchev–Trinajstić information content (AvgIpc) is 2.43. The van der Waals surface area contributed by atoms with Crippen molar-refractivity contribution in [2.75, 3.05) is 31.5 Å². The van der Waals surface area contributed by atoms with E-state index in [0.717, 1.165) is 25.9 Å². The summed E-state index contributed by atoms with van der Waals surface area (Å²) in [7, 11) is 0. The zero-order valence-electron chi connectivity index (χ0n) is 12.4. The number of carbonyl (C=O) groups excluding carboxylic acids is 1. The van der Waals surface area contributed by atoms with Gasteiger partial charge in [0.15, 0.2) is 0 Å². The molecule has 0 aromatic heterocycles. The minimum absolute atomic E-state index is 0. The first-order chi connectivity index (χ1) is 10.1. The maximum absolute atomic E-state index is 13.1. The fraction of sp³-hybridized carbons (Fsp3) is 0.533. The zero-order chi connectivity index (χ0) is 15.2. The Morgan fingerprint density at radius 1 is 1.50 bits per heavy atom. The molecule has 4 nitrogen and oxygen atoms in total. The van der Waals surface area contributed by atoms with Gasteiger partial charge in [-0.3, -0.25) is 9.69 Å². The van der Waals surface area contributed by atoms with Gasteiger partial charge in [0, 0.05) is 12.2 Å². The standard InChI is InChI=1S/C15H21ClFN3O.ClH/c16-13-8-12(3-4-14(13)17)19-15(21)10-20-7-1-2-11(9-20)5-6-18;/h3-4,8,11H,1-2,5-7,9-10,18H2,(H,19,21);1H. The lowest BCUT2D eigenvalue weighted by molar-refractivity contribution is -0.117. The molecule has 0 aliphatic carbocycles. The molecule has 1 aliphatic rings. The van der Waals surface area contributed by atoms with Crippen LogP contribution in [0.25, 0.3) is 0 Å². The van der Waals surface area contributed by atoms with Crippen molar-refractivity contribution >= 4 is 35.6 Å². The van der Waals surface area contributed by atoms with Gasteiger partial charge in [0.05, 0.1) is 11.6 Å². The van der Waals surface area contributed by atoms with Crippen molar-refractivity contribution in [1.29, 1.82) is 0 Å². The number of nitrogens with one attached hydrogen (secondary N) is 1. The molecule has 0 radical (unpaired) electrons. The van der Waals surface area contributed by atoms with E-state index in [1.54, 1.807) is 0 Å². The second-order valence-electron chi connectivity index (χ2n) is 5.50. The predicted molar refractivity (Wildman–Crippen MR) is 90.1 cm³/mol. The number of hydrogen-bond acceptors (Lipinski definition) is 3. The molecule has 1 saturated heterocycles. The Balaban J connectivity index is 0.00000242. The first kappa shape index (κ1) is 19.2. The van der Waals surface area contributed by atoms with Crippen LogP contribution >= 0.6 is 24.0 Å². The minimum atomic E-state index is -0.490. The van der Waals surface area contributed by atoms with E-state index in [0.29, 0.717) is 24.7 Å². The second kappa shape index (κ2) is 9.30. The fourth-order valence-corrected chi connectivity index (χ4v) is 2.92. The highest BCUT2D eigenvalue weighted by Gasteiger charge is 2.21. The van der Waals surface area contributed by atoms with E-state index in [-0.39, 0.29) is 23.3 Å². The summed E-state index contributed by atoms with van der Waals surface area (Å²) in [5.74, 6) is -0.0155. The first-order valence-corrected chi connectivity index (χ1v) is 7.63. The van der Waals surface area contributed by atoms with E-state index in [1.165, 1.54) is 24.6 Å². The number of likely N-dealkylation sites (tertiary alicyclic amines) is 1. The fourth-order valence-electron chi connectivity index (χ4n) is 2.74. The molecule has 1 aliphatic heterocycles. The number of rotatable bonds is 5. The number of piperidine rings is 1. The lowest BCUT2D eigenvalue weighted by Crippen LogP contribution is -2.40. The van der Waals surface area contributed by atoms with Crippen molar-refractivity contribution in [3.05, 3.63) is 29.0 Å². The molecule has 7 heteroatoms. The Kier molecular flexibility index (Phi) is 8.10. The topological polar surface area (TPSA) is 58.4 Å². The van der Waals surface area contributed by atoms with Gasteiger partial charge in [0.25, 0.3) is 0 Å². The minimum Gasteiger partial charge on any atom is -0.330 e. The Bertz CT molecular complexity index is 500. The van der Waals surface area contributed by atoms with E-state index in [4.69, 9.17) is 17.3 Å². The lowest BCUT2D eigenvalue weighted by atomic mass is 9.95. The molecule has 1 fully saturated rings. The monoisotopic (exact) mass is 349 g/mol. The van der Waals surface area contributed by atoms with Crippen LogP contribution in [0.4, 0.5) is 10.1 Å². The van der Waals surface area contributed by atoms with Crippen LogP contribution in [0, 0.1) is 11.7 Å². The molecule has 3 N–H and O–H groups in total. The first-order valence-electron chi connectivity index (χ1n) is 7.26. The van der Waals surface area contributed by atoms with E-state index < -0.39 is 5.82 Å². The summed E-state index contributed by atoms with van der Waals surface area (Å²) in [4.78, 5) is 14.2. The van der Waals surface area contributed by atoms with Gasteiger partial charge in [-0.15, -0.1) is 12.4 Å². The lowest BCUT2D eigenvalue weighted by Gasteiger charge is -2.32. The third-order valence-electron chi connectivity index (χ3n) is 3.75. The van der Waals surface area contributed by atoms with Gasteiger partial charge in [-0.05, 0) is 56.5 Å². The summed E-state index contributed by atoms with van der Waals surface area (Å²) >= 11 is 5.69. The van der Waals surface area contributed by atoms with Crippen molar-refractivity contribution in [2.24, 2.45) is 11.7 Å². The van der Waals surface area contributed by atoms with E-state index in [9.17, 15) is 9.18 Å². The molecule has 1 unspecified atom stereocenters. The largest absolute Gasteiger partial charge is 0.330 e. The highest BCUT2D eigenvalue weighted by atomic mass is 35.5. The number of carbonyl (C=O) groups is 1. The summed E-state index contributed by atoms with van der Waals surface area (Å²) in [6.45, 7) is 2.88. The van der Waals surface area contributed by atoms with Crippen molar-refractivity contribution in [1.82, 2.24) is 4.90 Å². The maximum atomic E-state index is 13.1. The number of nitrogens with two attached hydrogens (primary N) is 1. The molecule has 1 atom stereocenters. The highest BCUT2D eigenvalue weighted by molar-refractivity contribution is 6.31. The molecule has 0 saturated carbocycles. The van der Waals surface area contributed by atoms with Crippen LogP contribution in [0.5, 0.6) is 0 Å². The van der Waals surface area contributed by atoms with E-state index in [2.05, 4.69) is 10.2 Å². The van der Waals surface area contributed by atoms with E-state index >= 15 is 0 Å². The van der Waals surface area contributed by atoms with Gasteiger partial charge in [-0.2, -0.15) is 0 Å². The van der Waals surface area contributed by atoms with Crippen LogP contribution in [0.2, 0.25) is 5.02 Å². The molecule has 0 spiro atoms. The molecule has 124 valence electrons. The van der Waals surface area contributed by atoms with Crippen LogP contribution in [-0.4, -0.2) is 37.0 Å². The number of hydrogen-bond donors (Lipinski definition) is 2. The summed E-state index contributed by atoms with van der Waals surface area (Å²) in [5.41, 5.74) is 6.11. The maximum Gasteiger partial charge on any atom is 0.238 e. The highest BCUT2D eigenvalue weighted by Crippen LogP contribution is 2.20. The van der Waals surface area contributed by atoms with Crippen LogP contribution in [0.3, 0.4) is 0 Å². The van der Waals surface area contributed by atoms with Gasteiger partial charge in [-0.25, -0.2) is 4.39 Å². The molecule has 1 amide bonds. The van der Waals surface area contributed by atoms with Gasteiger partial charge < -0.3 is 11.1 Å².